The summed E-state index contributed by atoms with van der Waals surface area (Å²) in [5, 5.41) is 0. The number of hydrogen-bond donors (Lipinski definition) is 1. The number of furan rings is 1. The van der Waals surface area contributed by atoms with Gasteiger partial charge in [0.25, 0.3) is 0 Å². The topological polar surface area (TPSA) is 59.5 Å². The minimum absolute atomic E-state index is 0.0625. The number of nitrogens with two attached hydrogens (primary N) is 1. The Labute approximate surface area is 108 Å². The van der Waals surface area contributed by atoms with Crippen molar-refractivity contribution in [2.24, 2.45) is 5.73 Å². The molecule has 1 fully saturated rings. The van der Waals surface area contributed by atoms with Gasteiger partial charge in [-0.05, 0) is 46.2 Å². The first-order chi connectivity index (χ1) is 8.30. The average Bonchev–Trinajstić information content (AvgIpc) is 2.66. The van der Waals surface area contributed by atoms with Crippen LogP contribution < -0.4 is 5.73 Å². The van der Waals surface area contributed by atoms with E-state index in [1.165, 1.54) is 0 Å². The van der Waals surface area contributed by atoms with E-state index in [2.05, 4.69) is 0 Å². The maximum absolute atomic E-state index is 12.2. The molecule has 1 amide bonds. The van der Waals surface area contributed by atoms with Gasteiger partial charge in [-0.25, -0.2) is 0 Å². The first kappa shape index (κ1) is 13.1. The Morgan fingerprint density at radius 3 is 2.56 bits per heavy atom. The van der Waals surface area contributed by atoms with Gasteiger partial charge in [0.2, 0.25) is 5.91 Å². The molecular formula is C14H22N2O2. The number of hydrogen-bond acceptors (Lipinski definition) is 3. The molecule has 2 unspecified atom stereocenters. The molecule has 0 spiro atoms. The van der Waals surface area contributed by atoms with Crippen LogP contribution in [0.2, 0.25) is 0 Å². The quantitative estimate of drug-likeness (QED) is 0.832. The maximum atomic E-state index is 12.2. The van der Waals surface area contributed by atoms with Crippen LogP contribution in [0.4, 0.5) is 0 Å². The minimum atomic E-state index is -0.250. The van der Waals surface area contributed by atoms with E-state index >= 15 is 0 Å². The van der Waals surface area contributed by atoms with Gasteiger partial charge in [-0.3, -0.25) is 4.79 Å². The van der Waals surface area contributed by atoms with Crippen LogP contribution in [-0.4, -0.2) is 22.4 Å². The lowest BCUT2D eigenvalue weighted by atomic mass is 9.89. The Morgan fingerprint density at radius 2 is 2.06 bits per heavy atom. The van der Waals surface area contributed by atoms with Gasteiger partial charge in [0.1, 0.15) is 17.6 Å². The number of piperidine rings is 1. The number of amides is 1. The molecular weight excluding hydrogens is 228 g/mol. The Balaban J connectivity index is 2.41. The zero-order valence-corrected chi connectivity index (χ0v) is 11.6. The van der Waals surface area contributed by atoms with E-state index < -0.39 is 0 Å². The van der Waals surface area contributed by atoms with Crippen LogP contribution in [0.3, 0.4) is 0 Å². The van der Waals surface area contributed by atoms with E-state index in [1.807, 2.05) is 44.7 Å². The standard InChI is InChI=1S/C14H22N2O2/c1-9-5-7-11(18-9)13-10(15)6-8-12(17)16(13)14(2,3)4/h5,7,10,13H,6,8,15H2,1-4H3. The van der Waals surface area contributed by atoms with Crippen LogP contribution in [0.5, 0.6) is 0 Å². The van der Waals surface area contributed by atoms with Crippen molar-refractivity contribution in [1.82, 2.24) is 4.90 Å². The maximum Gasteiger partial charge on any atom is 0.223 e. The molecule has 18 heavy (non-hydrogen) atoms. The fourth-order valence-electron chi connectivity index (χ4n) is 2.66. The molecule has 0 saturated carbocycles. The van der Waals surface area contributed by atoms with Gasteiger partial charge < -0.3 is 15.1 Å². The van der Waals surface area contributed by atoms with Gasteiger partial charge in [0, 0.05) is 18.0 Å². The van der Waals surface area contributed by atoms with Crippen molar-refractivity contribution in [2.75, 3.05) is 0 Å². The minimum Gasteiger partial charge on any atom is -0.464 e. The van der Waals surface area contributed by atoms with Crippen molar-refractivity contribution < 1.29 is 9.21 Å². The van der Waals surface area contributed by atoms with Crippen molar-refractivity contribution in [3.05, 3.63) is 23.7 Å². The summed E-state index contributed by atoms with van der Waals surface area (Å²) in [5.74, 6) is 1.80. The molecule has 2 N–H and O–H groups in total. The second-order valence-electron chi connectivity index (χ2n) is 6.03. The first-order valence-electron chi connectivity index (χ1n) is 6.45. The fraction of sp³-hybridized carbons (Fsp3) is 0.643. The summed E-state index contributed by atoms with van der Waals surface area (Å²) in [6.07, 6.45) is 1.24. The summed E-state index contributed by atoms with van der Waals surface area (Å²) >= 11 is 0. The van der Waals surface area contributed by atoms with Crippen LogP contribution in [-0.2, 0) is 4.79 Å². The summed E-state index contributed by atoms with van der Waals surface area (Å²) in [7, 11) is 0. The van der Waals surface area contributed by atoms with E-state index in [9.17, 15) is 4.79 Å². The zero-order chi connectivity index (χ0) is 13.5. The Hall–Kier alpha value is -1.29. The van der Waals surface area contributed by atoms with Gasteiger partial charge in [0.15, 0.2) is 0 Å². The highest BCUT2D eigenvalue weighted by Crippen LogP contribution is 2.36. The average molecular weight is 250 g/mol. The fourth-order valence-corrected chi connectivity index (χ4v) is 2.66. The molecule has 2 rings (SSSR count). The number of rotatable bonds is 1. The summed E-state index contributed by atoms with van der Waals surface area (Å²) in [4.78, 5) is 14.1. The summed E-state index contributed by atoms with van der Waals surface area (Å²) in [6, 6.07) is 3.63. The van der Waals surface area contributed by atoms with Crippen LogP contribution in [0, 0.1) is 6.92 Å². The van der Waals surface area contributed by atoms with E-state index in [-0.39, 0.29) is 23.5 Å². The van der Waals surface area contributed by atoms with Gasteiger partial charge in [-0.1, -0.05) is 0 Å². The molecule has 1 saturated heterocycles. The predicted molar refractivity (Wildman–Crippen MR) is 70.0 cm³/mol. The Kier molecular flexibility index (Phi) is 3.23. The molecule has 4 heteroatoms. The predicted octanol–water partition coefficient (Wildman–Crippen LogP) is 2.38. The number of likely N-dealkylation sites (tertiary alicyclic amines) is 1. The molecule has 0 bridgehead atoms. The molecule has 1 aliphatic heterocycles. The lowest BCUT2D eigenvalue weighted by molar-refractivity contribution is -0.144. The highest BCUT2D eigenvalue weighted by molar-refractivity contribution is 5.78. The summed E-state index contributed by atoms with van der Waals surface area (Å²) in [5.41, 5.74) is 5.97. The molecule has 1 aromatic heterocycles. The molecule has 2 atom stereocenters. The lowest BCUT2D eigenvalue weighted by Gasteiger charge is -2.46. The number of carbonyl (C=O) groups is 1. The molecule has 2 heterocycles. The SMILES string of the molecule is Cc1ccc(C2C(N)CCC(=O)N2C(C)(C)C)o1. The third-order valence-corrected chi connectivity index (χ3v) is 3.42. The molecule has 4 nitrogen and oxygen atoms in total. The molecule has 0 aliphatic carbocycles. The lowest BCUT2D eigenvalue weighted by Crippen LogP contribution is -2.56. The van der Waals surface area contributed by atoms with Crippen LogP contribution in [0.25, 0.3) is 0 Å². The third-order valence-electron chi connectivity index (χ3n) is 3.42. The van der Waals surface area contributed by atoms with E-state index in [0.29, 0.717) is 6.42 Å². The number of nitrogens with zero attached hydrogens (tertiary/aromatic N) is 1. The number of carbonyl (C=O) groups excluding carboxylic acids is 1. The largest absolute Gasteiger partial charge is 0.464 e. The second kappa shape index (κ2) is 4.43. The number of aryl methyl sites for hydroxylation is 1. The van der Waals surface area contributed by atoms with E-state index in [1.54, 1.807) is 0 Å². The summed E-state index contributed by atoms with van der Waals surface area (Å²) < 4.78 is 5.69. The second-order valence-corrected chi connectivity index (χ2v) is 6.03. The van der Waals surface area contributed by atoms with E-state index in [4.69, 9.17) is 10.2 Å². The zero-order valence-electron chi connectivity index (χ0n) is 11.6. The van der Waals surface area contributed by atoms with Gasteiger partial charge in [-0.2, -0.15) is 0 Å². The molecule has 1 aromatic rings. The van der Waals surface area contributed by atoms with Crippen molar-refractivity contribution in [3.63, 3.8) is 0 Å². The van der Waals surface area contributed by atoms with Crippen LogP contribution in [0.1, 0.15) is 51.2 Å². The molecule has 0 radical (unpaired) electrons. The van der Waals surface area contributed by atoms with Crippen molar-refractivity contribution in [2.45, 2.75) is 58.2 Å². The molecule has 100 valence electrons. The van der Waals surface area contributed by atoms with E-state index in [0.717, 1.165) is 17.9 Å². The smallest absolute Gasteiger partial charge is 0.223 e. The molecule has 1 aliphatic rings. The third kappa shape index (κ3) is 2.29. The normalized spacial score (nSPS) is 25.6. The van der Waals surface area contributed by atoms with Crippen molar-refractivity contribution in [1.29, 1.82) is 0 Å². The Bertz CT molecular complexity index is 445. The van der Waals surface area contributed by atoms with Crippen molar-refractivity contribution in [3.8, 4) is 0 Å². The first-order valence-corrected chi connectivity index (χ1v) is 6.45. The highest BCUT2D eigenvalue weighted by atomic mass is 16.3. The monoisotopic (exact) mass is 250 g/mol. The van der Waals surface area contributed by atoms with Gasteiger partial charge >= 0.3 is 0 Å². The molecule has 0 aromatic carbocycles. The van der Waals surface area contributed by atoms with Crippen LogP contribution in [0.15, 0.2) is 16.5 Å². The van der Waals surface area contributed by atoms with Gasteiger partial charge in [0.05, 0.1) is 0 Å². The van der Waals surface area contributed by atoms with Gasteiger partial charge in [-0.15, -0.1) is 0 Å². The Morgan fingerprint density at radius 1 is 1.39 bits per heavy atom. The van der Waals surface area contributed by atoms with Crippen molar-refractivity contribution >= 4 is 5.91 Å². The highest BCUT2D eigenvalue weighted by Gasteiger charge is 2.42. The van der Waals surface area contributed by atoms with Crippen LogP contribution >= 0.6 is 0 Å². The summed E-state index contributed by atoms with van der Waals surface area (Å²) in [6.45, 7) is 8.00.